The molecular weight excluding hydrogens is 162 g/mol. The smallest absolute Gasteiger partial charge is 0.120 e. The summed E-state index contributed by atoms with van der Waals surface area (Å²) < 4.78 is 5.13. The van der Waals surface area contributed by atoms with Crippen molar-refractivity contribution in [3.05, 3.63) is 24.3 Å². The van der Waals surface area contributed by atoms with Crippen molar-refractivity contribution in [2.24, 2.45) is 0 Å². The van der Waals surface area contributed by atoms with Crippen molar-refractivity contribution in [2.45, 2.75) is 26.3 Å². The van der Waals surface area contributed by atoms with Gasteiger partial charge in [0.15, 0.2) is 0 Å². The molecule has 2 heteroatoms. The van der Waals surface area contributed by atoms with Crippen molar-refractivity contribution >= 4 is 5.69 Å². The van der Waals surface area contributed by atoms with Crippen LogP contribution in [0.2, 0.25) is 0 Å². The predicted molar refractivity (Wildman–Crippen MR) is 56.4 cm³/mol. The molecule has 2 nitrogen and oxygen atoms in total. The summed E-state index contributed by atoms with van der Waals surface area (Å²) in [5, 5.41) is 3.38. The molecule has 0 unspecified atom stereocenters. The Morgan fingerprint density at radius 3 is 2.46 bits per heavy atom. The summed E-state index contributed by atoms with van der Waals surface area (Å²) in [6.07, 6.45) is 0. The summed E-state index contributed by atoms with van der Waals surface area (Å²) in [6, 6.07) is 7.94. The lowest BCUT2D eigenvalue weighted by Crippen LogP contribution is -2.25. The summed E-state index contributed by atoms with van der Waals surface area (Å²) in [4.78, 5) is 0. The quantitative estimate of drug-likeness (QED) is 0.753. The SMILES string of the molecule is COc1cccc(NC(C)(C)C)c1. The maximum atomic E-state index is 5.13. The number of benzene rings is 1. The molecule has 0 aromatic heterocycles. The summed E-state index contributed by atoms with van der Waals surface area (Å²) in [5.41, 5.74) is 1.18. The van der Waals surface area contributed by atoms with E-state index in [1.165, 1.54) is 0 Å². The Morgan fingerprint density at radius 1 is 1.23 bits per heavy atom. The lowest BCUT2D eigenvalue weighted by molar-refractivity contribution is 0.415. The molecule has 1 N–H and O–H groups in total. The number of rotatable bonds is 2. The number of nitrogens with one attached hydrogen (secondary N) is 1. The van der Waals surface area contributed by atoms with Gasteiger partial charge in [-0.1, -0.05) is 6.07 Å². The fourth-order valence-electron chi connectivity index (χ4n) is 1.13. The van der Waals surface area contributed by atoms with Crippen LogP contribution in [0.1, 0.15) is 20.8 Å². The average molecular weight is 179 g/mol. The highest BCUT2D eigenvalue weighted by molar-refractivity contribution is 5.49. The van der Waals surface area contributed by atoms with Gasteiger partial charge in [-0.3, -0.25) is 0 Å². The van der Waals surface area contributed by atoms with Crippen LogP contribution in [0.15, 0.2) is 24.3 Å². The van der Waals surface area contributed by atoms with Crippen molar-refractivity contribution in [1.29, 1.82) is 0 Å². The van der Waals surface area contributed by atoms with Gasteiger partial charge in [-0.05, 0) is 32.9 Å². The third-order valence-electron chi connectivity index (χ3n) is 1.59. The van der Waals surface area contributed by atoms with Crippen molar-refractivity contribution in [3.63, 3.8) is 0 Å². The molecule has 13 heavy (non-hydrogen) atoms. The molecule has 72 valence electrons. The lowest BCUT2D eigenvalue weighted by atomic mass is 10.1. The van der Waals surface area contributed by atoms with E-state index >= 15 is 0 Å². The molecule has 0 amide bonds. The molecule has 1 aromatic rings. The number of hydrogen-bond acceptors (Lipinski definition) is 2. The van der Waals surface area contributed by atoms with E-state index < -0.39 is 0 Å². The number of ether oxygens (including phenoxy) is 1. The van der Waals surface area contributed by atoms with Gasteiger partial charge in [0.25, 0.3) is 0 Å². The molecule has 0 fully saturated rings. The highest BCUT2D eigenvalue weighted by Crippen LogP contribution is 2.19. The molecule has 0 saturated heterocycles. The molecule has 1 aromatic carbocycles. The third-order valence-corrected chi connectivity index (χ3v) is 1.59. The van der Waals surface area contributed by atoms with Crippen LogP contribution < -0.4 is 10.1 Å². The normalized spacial score (nSPS) is 11.1. The molecule has 0 spiro atoms. The first-order valence-corrected chi connectivity index (χ1v) is 4.43. The second-order valence-corrected chi connectivity index (χ2v) is 4.11. The first kappa shape index (κ1) is 9.90. The van der Waals surface area contributed by atoms with Gasteiger partial charge in [-0.2, -0.15) is 0 Å². The molecule has 0 radical (unpaired) electrons. The first-order valence-electron chi connectivity index (χ1n) is 4.43. The second-order valence-electron chi connectivity index (χ2n) is 4.11. The molecule has 0 bridgehead atoms. The van der Waals surface area contributed by atoms with Gasteiger partial charge in [0, 0.05) is 17.3 Å². The third kappa shape index (κ3) is 3.36. The molecular formula is C11H17NO. The minimum absolute atomic E-state index is 0.0896. The van der Waals surface area contributed by atoms with Crippen molar-refractivity contribution < 1.29 is 4.74 Å². The minimum atomic E-state index is 0.0896. The van der Waals surface area contributed by atoms with Gasteiger partial charge in [-0.15, -0.1) is 0 Å². The summed E-state index contributed by atoms with van der Waals surface area (Å²) in [7, 11) is 1.68. The molecule has 0 aliphatic rings. The van der Waals surface area contributed by atoms with Crippen LogP contribution in [-0.2, 0) is 0 Å². The summed E-state index contributed by atoms with van der Waals surface area (Å²) in [5.74, 6) is 0.884. The van der Waals surface area contributed by atoms with Crippen molar-refractivity contribution in [3.8, 4) is 5.75 Å². The Hall–Kier alpha value is -1.18. The molecule has 0 saturated carbocycles. The van der Waals surface area contributed by atoms with Gasteiger partial charge in [-0.25, -0.2) is 0 Å². The van der Waals surface area contributed by atoms with Crippen LogP contribution >= 0.6 is 0 Å². The number of methoxy groups -OCH3 is 1. The van der Waals surface area contributed by atoms with Gasteiger partial charge < -0.3 is 10.1 Å². The largest absolute Gasteiger partial charge is 0.497 e. The predicted octanol–water partition coefficient (Wildman–Crippen LogP) is 2.91. The standard InChI is InChI=1S/C11H17NO/c1-11(2,3)12-9-6-5-7-10(8-9)13-4/h5-8,12H,1-4H3. The van der Waals surface area contributed by atoms with Crippen molar-refractivity contribution in [2.75, 3.05) is 12.4 Å². The Morgan fingerprint density at radius 2 is 1.92 bits per heavy atom. The van der Waals surface area contributed by atoms with Gasteiger partial charge in [0.05, 0.1) is 7.11 Å². The molecule has 0 atom stereocenters. The first-order chi connectivity index (χ1) is 6.01. The van der Waals surface area contributed by atoms with Crippen LogP contribution in [0.5, 0.6) is 5.75 Å². The van der Waals surface area contributed by atoms with E-state index in [1.54, 1.807) is 7.11 Å². The molecule has 1 rings (SSSR count). The van der Waals surface area contributed by atoms with E-state index in [4.69, 9.17) is 4.74 Å². The number of anilines is 1. The molecule has 0 aliphatic heterocycles. The van der Waals surface area contributed by atoms with E-state index in [2.05, 4.69) is 26.1 Å². The number of hydrogen-bond donors (Lipinski definition) is 1. The van der Waals surface area contributed by atoms with E-state index in [9.17, 15) is 0 Å². The average Bonchev–Trinajstić information content (AvgIpc) is 2.01. The van der Waals surface area contributed by atoms with Gasteiger partial charge in [0.2, 0.25) is 0 Å². The van der Waals surface area contributed by atoms with E-state index in [-0.39, 0.29) is 5.54 Å². The summed E-state index contributed by atoms with van der Waals surface area (Å²) >= 11 is 0. The van der Waals surface area contributed by atoms with Crippen LogP contribution in [0.3, 0.4) is 0 Å². The van der Waals surface area contributed by atoms with Crippen LogP contribution in [0.4, 0.5) is 5.69 Å². The lowest BCUT2D eigenvalue weighted by Gasteiger charge is -2.22. The molecule has 0 heterocycles. The van der Waals surface area contributed by atoms with Gasteiger partial charge >= 0.3 is 0 Å². The minimum Gasteiger partial charge on any atom is -0.497 e. The fourth-order valence-corrected chi connectivity index (χ4v) is 1.13. The zero-order valence-corrected chi connectivity index (χ0v) is 8.72. The van der Waals surface area contributed by atoms with E-state index in [0.717, 1.165) is 11.4 Å². The zero-order chi connectivity index (χ0) is 9.90. The Labute approximate surface area is 79.9 Å². The zero-order valence-electron chi connectivity index (χ0n) is 8.72. The van der Waals surface area contributed by atoms with Crippen LogP contribution in [0, 0.1) is 0 Å². The highest BCUT2D eigenvalue weighted by Gasteiger charge is 2.08. The van der Waals surface area contributed by atoms with Crippen molar-refractivity contribution in [1.82, 2.24) is 0 Å². The Kier molecular flexibility index (Phi) is 2.81. The van der Waals surface area contributed by atoms with E-state index in [0.29, 0.717) is 0 Å². The Balaban J connectivity index is 2.78. The van der Waals surface area contributed by atoms with Crippen LogP contribution in [0.25, 0.3) is 0 Å². The molecule has 0 aliphatic carbocycles. The maximum absolute atomic E-state index is 5.13. The topological polar surface area (TPSA) is 21.3 Å². The van der Waals surface area contributed by atoms with Gasteiger partial charge in [0.1, 0.15) is 5.75 Å². The fraction of sp³-hybridized carbons (Fsp3) is 0.455. The monoisotopic (exact) mass is 179 g/mol. The van der Waals surface area contributed by atoms with E-state index in [1.807, 2.05) is 24.3 Å². The second kappa shape index (κ2) is 3.69. The summed E-state index contributed by atoms with van der Waals surface area (Å²) in [6.45, 7) is 6.39. The maximum Gasteiger partial charge on any atom is 0.120 e. The highest BCUT2D eigenvalue weighted by atomic mass is 16.5. The van der Waals surface area contributed by atoms with Crippen LogP contribution in [-0.4, -0.2) is 12.6 Å². The Bertz CT molecular complexity index is 276.